The maximum Gasteiger partial charge on any atom is 0.131 e. The molecule has 0 radical (unpaired) electrons. The highest BCUT2D eigenvalue weighted by Gasteiger charge is 2.15. The number of aliphatic hydroxyl groups excluding tert-OH is 1. The predicted octanol–water partition coefficient (Wildman–Crippen LogP) is 3.75. The van der Waals surface area contributed by atoms with Gasteiger partial charge in [0, 0.05) is 18.2 Å². The van der Waals surface area contributed by atoms with Crippen molar-refractivity contribution in [1.82, 2.24) is 9.78 Å². The molecule has 2 aromatic rings. The Morgan fingerprint density at radius 1 is 1.48 bits per heavy atom. The number of rotatable bonds is 5. The lowest BCUT2D eigenvalue weighted by Crippen LogP contribution is -2.08. The average molecular weight is 357 g/mol. The first-order valence-corrected chi connectivity index (χ1v) is 7.55. The van der Waals surface area contributed by atoms with Gasteiger partial charge in [-0.05, 0) is 48.8 Å². The zero-order chi connectivity index (χ0) is 15.6. The fraction of sp³-hybridized carbons (Fsp3) is 0.400. The average Bonchev–Trinajstić information content (AvgIpc) is 2.71. The number of halogens is 2. The highest BCUT2D eigenvalue weighted by Crippen LogP contribution is 2.28. The topological polar surface area (TPSA) is 47.3 Å². The summed E-state index contributed by atoms with van der Waals surface area (Å²) in [6.45, 7) is 6.49. The Morgan fingerprint density at radius 2 is 2.19 bits per heavy atom. The Labute approximate surface area is 131 Å². The van der Waals surface area contributed by atoms with E-state index in [1.54, 1.807) is 6.92 Å². The molecule has 0 saturated heterocycles. The van der Waals surface area contributed by atoms with Crippen molar-refractivity contribution in [1.29, 1.82) is 0 Å². The van der Waals surface area contributed by atoms with Crippen LogP contribution in [0.4, 0.5) is 4.39 Å². The zero-order valence-corrected chi connectivity index (χ0v) is 13.8. The molecule has 0 saturated carbocycles. The second-order valence-corrected chi connectivity index (χ2v) is 5.60. The fourth-order valence-electron chi connectivity index (χ4n) is 2.13. The summed E-state index contributed by atoms with van der Waals surface area (Å²) in [6.07, 6.45) is -0.720. The normalized spacial score (nSPS) is 12.5. The number of aryl methyl sites for hydroxylation is 2. The van der Waals surface area contributed by atoms with Crippen molar-refractivity contribution in [2.45, 2.75) is 40.0 Å². The van der Waals surface area contributed by atoms with E-state index in [9.17, 15) is 9.50 Å². The Hall–Kier alpha value is -1.40. The summed E-state index contributed by atoms with van der Waals surface area (Å²) >= 11 is 3.49. The third-order valence-corrected chi connectivity index (χ3v) is 4.27. The molecule has 0 aliphatic heterocycles. The van der Waals surface area contributed by atoms with Crippen molar-refractivity contribution in [3.05, 3.63) is 45.4 Å². The minimum Gasteiger partial charge on any atom is -0.487 e. The molecule has 1 aromatic heterocycles. The van der Waals surface area contributed by atoms with Gasteiger partial charge in [-0.1, -0.05) is 0 Å². The Balaban J connectivity index is 2.26. The maximum atomic E-state index is 13.4. The third-order valence-electron chi connectivity index (χ3n) is 3.24. The van der Waals surface area contributed by atoms with Gasteiger partial charge in [-0.25, -0.2) is 4.39 Å². The van der Waals surface area contributed by atoms with Crippen molar-refractivity contribution in [2.24, 2.45) is 0 Å². The molecular formula is C15H18BrFN2O2. The molecule has 0 unspecified atom stereocenters. The van der Waals surface area contributed by atoms with Gasteiger partial charge in [0.05, 0.1) is 22.0 Å². The molecule has 21 heavy (non-hydrogen) atoms. The Bertz CT molecular complexity index is 641. The van der Waals surface area contributed by atoms with E-state index >= 15 is 0 Å². The highest BCUT2D eigenvalue weighted by atomic mass is 79.9. The van der Waals surface area contributed by atoms with E-state index in [-0.39, 0.29) is 6.61 Å². The van der Waals surface area contributed by atoms with Gasteiger partial charge in [0.1, 0.15) is 18.2 Å². The first-order chi connectivity index (χ1) is 9.93. The summed E-state index contributed by atoms with van der Waals surface area (Å²) in [4.78, 5) is 0. The number of aliphatic hydroxyl groups is 1. The van der Waals surface area contributed by atoms with Crippen molar-refractivity contribution in [2.75, 3.05) is 0 Å². The molecule has 0 aliphatic rings. The number of hydrogen-bond donors (Lipinski definition) is 1. The molecule has 0 spiro atoms. The van der Waals surface area contributed by atoms with E-state index in [0.717, 1.165) is 22.4 Å². The van der Waals surface area contributed by atoms with Gasteiger partial charge in [0.2, 0.25) is 0 Å². The minimum atomic E-state index is -0.720. The van der Waals surface area contributed by atoms with Crippen LogP contribution in [0, 0.1) is 12.7 Å². The second kappa shape index (κ2) is 6.58. The SMILES string of the molecule is CCn1nc(C)c(Br)c1COc1cc(F)ccc1[C@@H](C)O. The molecule has 1 N–H and O–H groups in total. The lowest BCUT2D eigenvalue weighted by atomic mass is 10.1. The highest BCUT2D eigenvalue weighted by molar-refractivity contribution is 9.10. The molecule has 114 valence electrons. The van der Waals surface area contributed by atoms with E-state index in [2.05, 4.69) is 21.0 Å². The van der Waals surface area contributed by atoms with Gasteiger partial charge in [0.15, 0.2) is 0 Å². The van der Waals surface area contributed by atoms with Gasteiger partial charge in [-0.15, -0.1) is 0 Å². The molecule has 0 bridgehead atoms. The van der Waals surface area contributed by atoms with E-state index in [1.165, 1.54) is 18.2 Å². The zero-order valence-electron chi connectivity index (χ0n) is 12.2. The van der Waals surface area contributed by atoms with Gasteiger partial charge >= 0.3 is 0 Å². The number of hydrogen-bond acceptors (Lipinski definition) is 3. The van der Waals surface area contributed by atoms with Crippen molar-refractivity contribution in [3.8, 4) is 5.75 Å². The summed E-state index contributed by atoms with van der Waals surface area (Å²) < 4.78 is 21.8. The first kappa shape index (κ1) is 16.0. The maximum absolute atomic E-state index is 13.4. The quantitative estimate of drug-likeness (QED) is 0.887. The molecule has 1 aromatic carbocycles. The molecule has 0 fully saturated rings. The number of nitrogens with zero attached hydrogens (tertiary/aromatic N) is 2. The number of ether oxygens (including phenoxy) is 1. The lowest BCUT2D eigenvalue weighted by Gasteiger charge is -2.14. The van der Waals surface area contributed by atoms with Crippen molar-refractivity contribution >= 4 is 15.9 Å². The third kappa shape index (κ3) is 3.44. The van der Waals surface area contributed by atoms with Crippen molar-refractivity contribution in [3.63, 3.8) is 0 Å². The van der Waals surface area contributed by atoms with Crippen LogP contribution >= 0.6 is 15.9 Å². The fourth-order valence-corrected chi connectivity index (χ4v) is 2.53. The molecule has 0 amide bonds. The van der Waals surface area contributed by atoms with E-state index < -0.39 is 11.9 Å². The lowest BCUT2D eigenvalue weighted by molar-refractivity contribution is 0.189. The summed E-state index contributed by atoms with van der Waals surface area (Å²) in [7, 11) is 0. The smallest absolute Gasteiger partial charge is 0.131 e. The minimum absolute atomic E-state index is 0.248. The molecule has 0 aliphatic carbocycles. The van der Waals surface area contributed by atoms with Crippen LogP contribution in [0.5, 0.6) is 5.75 Å². The summed E-state index contributed by atoms with van der Waals surface area (Å²) in [5, 5.41) is 14.1. The van der Waals surface area contributed by atoms with Crippen LogP contribution in [-0.2, 0) is 13.2 Å². The van der Waals surface area contributed by atoms with E-state index in [1.807, 2.05) is 18.5 Å². The Morgan fingerprint density at radius 3 is 2.81 bits per heavy atom. The number of aromatic nitrogens is 2. The second-order valence-electron chi connectivity index (χ2n) is 4.81. The van der Waals surface area contributed by atoms with Crippen LogP contribution in [0.3, 0.4) is 0 Å². The van der Waals surface area contributed by atoms with Crippen molar-refractivity contribution < 1.29 is 14.2 Å². The van der Waals surface area contributed by atoms with Crippen LogP contribution < -0.4 is 4.74 Å². The van der Waals surface area contributed by atoms with Gasteiger partial charge in [0.25, 0.3) is 0 Å². The standard InChI is InChI=1S/C15H18BrFN2O2/c1-4-19-13(15(16)9(2)18-19)8-21-14-7-11(17)5-6-12(14)10(3)20/h5-7,10,20H,4,8H2,1-3H3/t10-/m1/s1. The largest absolute Gasteiger partial charge is 0.487 e. The Kier molecular flexibility index (Phi) is 5.00. The van der Waals surface area contributed by atoms with Gasteiger partial charge in [-0.2, -0.15) is 5.10 Å². The summed E-state index contributed by atoms with van der Waals surface area (Å²) in [5.74, 6) is -0.0490. The van der Waals surface area contributed by atoms with Crippen LogP contribution in [0.1, 0.15) is 36.9 Å². The van der Waals surface area contributed by atoms with E-state index in [0.29, 0.717) is 11.3 Å². The molecule has 4 nitrogen and oxygen atoms in total. The molecule has 1 heterocycles. The van der Waals surface area contributed by atoms with Gasteiger partial charge in [-0.3, -0.25) is 4.68 Å². The molecule has 2 rings (SSSR count). The van der Waals surface area contributed by atoms with E-state index in [4.69, 9.17) is 4.74 Å². The predicted molar refractivity (Wildman–Crippen MR) is 81.7 cm³/mol. The number of benzene rings is 1. The monoisotopic (exact) mass is 356 g/mol. The van der Waals surface area contributed by atoms with Crippen LogP contribution in [0.15, 0.2) is 22.7 Å². The van der Waals surface area contributed by atoms with Crippen LogP contribution in [0.25, 0.3) is 0 Å². The molecule has 6 heteroatoms. The summed E-state index contributed by atoms with van der Waals surface area (Å²) in [6, 6.07) is 4.13. The van der Waals surface area contributed by atoms with Crippen LogP contribution in [0.2, 0.25) is 0 Å². The van der Waals surface area contributed by atoms with Crippen LogP contribution in [-0.4, -0.2) is 14.9 Å². The molecule has 1 atom stereocenters. The summed E-state index contributed by atoms with van der Waals surface area (Å²) in [5.41, 5.74) is 2.33. The van der Waals surface area contributed by atoms with Gasteiger partial charge < -0.3 is 9.84 Å². The first-order valence-electron chi connectivity index (χ1n) is 6.76. The molecular weight excluding hydrogens is 339 g/mol.